The summed E-state index contributed by atoms with van der Waals surface area (Å²) in [5.74, 6) is 0.966. The first-order valence-electron chi connectivity index (χ1n) is 4.69. The SMILES string of the molecule is Clc1cnccc1NCCC1CC1. The fourth-order valence-electron chi connectivity index (χ4n) is 1.34. The van der Waals surface area contributed by atoms with E-state index in [1.165, 1.54) is 19.3 Å². The minimum absolute atomic E-state index is 0.707. The minimum Gasteiger partial charge on any atom is -0.384 e. The topological polar surface area (TPSA) is 24.9 Å². The maximum atomic E-state index is 5.93. The number of aromatic nitrogens is 1. The summed E-state index contributed by atoms with van der Waals surface area (Å²) in [4.78, 5) is 3.93. The first-order valence-corrected chi connectivity index (χ1v) is 5.07. The highest BCUT2D eigenvalue weighted by Gasteiger charge is 2.20. The van der Waals surface area contributed by atoms with Gasteiger partial charge >= 0.3 is 0 Å². The lowest BCUT2D eigenvalue weighted by Gasteiger charge is -2.06. The Morgan fingerprint density at radius 1 is 1.54 bits per heavy atom. The predicted molar refractivity (Wildman–Crippen MR) is 55.1 cm³/mol. The van der Waals surface area contributed by atoms with Gasteiger partial charge in [0.25, 0.3) is 0 Å². The molecule has 1 fully saturated rings. The summed E-state index contributed by atoms with van der Waals surface area (Å²) in [6, 6.07) is 1.91. The molecular formula is C10H13ClN2. The van der Waals surface area contributed by atoms with Gasteiger partial charge in [-0.25, -0.2) is 0 Å². The van der Waals surface area contributed by atoms with Crippen LogP contribution in [0.4, 0.5) is 5.69 Å². The minimum atomic E-state index is 0.707. The molecule has 1 N–H and O–H groups in total. The molecule has 1 aliphatic carbocycles. The van der Waals surface area contributed by atoms with Gasteiger partial charge in [-0.05, 0) is 18.4 Å². The van der Waals surface area contributed by atoms with Gasteiger partial charge in [-0.2, -0.15) is 0 Å². The van der Waals surface area contributed by atoms with E-state index in [4.69, 9.17) is 11.6 Å². The molecule has 1 heterocycles. The number of nitrogens with zero attached hydrogens (tertiary/aromatic N) is 1. The second-order valence-electron chi connectivity index (χ2n) is 3.51. The average molecular weight is 197 g/mol. The maximum absolute atomic E-state index is 5.93. The van der Waals surface area contributed by atoms with Crippen LogP contribution < -0.4 is 5.32 Å². The molecule has 0 radical (unpaired) electrons. The van der Waals surface area contributed by atoms with Crippen LogP contribution in [0.15, 0.2) is 18.5 Å². The second-order valence-corrected chi connectivity index (χ2v) is 3.92. The first kappa shape index (κ1) is 8.82. The Bertz CT molecular complexity index is 284. The molecule has 1 aromatic heterocycles. The lowest BCUT2D eigenvalue weighted by molar-refractivity contribution is 0.760. The van der Waals surface area contributed by atoms with Crippen LogP contribution in [0.1, 0.15) is 19.3 Å². The second kappa shape index (κ2) is 3.97. The quantitative estimate of drug-likeness (QED) is 0.801. The van der Waals surface area contributed by atoms with E-state index >= 15 is 0 Å². The van der Waals surface area contributed by atoms with Gasteiger partial charge in [-0.1, -0.05) is 24.4 Å². The highest BCUT2D eigenvalue weighted by molar-refractivity contribution is 6.33. The van der Waals surface area contributed by atoms with Gasteiger partial charge in [-0.15, -0.1) is 0 Å². The van der Waals surface area contributed by atoms with Crippen LogP contribution in [-0.2, 0) is 0 Å². The van der Waals surface area contributed by atoms with Crippen molar-refractivity contribution in [2.45, 2.75) is 19.3 Å². The van der Waals surface area contributed by atoms with E-state index < -0.39 is 0 Å². The summed E-state index contributed by atoms with van der Waals surface area (Å²) in [5, 5.41) is 4.02. The monoisotopic (exact) mass is 196 g/mol. The van der Waals surface area contributed by atoms with Gasteiger partial charge < -0.3 is 5.32 Å². The number of pyridine rings is 1. The Morgan fingerprint density at radius 3 is 3.08 bits per heavy atom. The van der Waals surface area contributed by atoms with Crippen molar-refractivity contribution in [1.82, 2.24) is 4.98 Å². The molecule has 3 heteroatoms. The van der Waals surface area contributed by atoms with Crippen molar-refractivity contribution in [2.24, 2.45) is 5.92 Å². The molecule has 2 rings (SSSR count). The van der Waals surface area contributed by atoms with Crippen LogP contribution >= 0.6 is 11.6 Å². The van der Waals surface area contributed by atoms with Gasteiger partial charge in [0, 0.05) is 18.9 Å². The zero-order chi connectivity index (χ0) is 9.10. The van der Waals surface area contributed by atoms with Crippen molar-refractivity contribution in [3.63, 3.8) is 0 Å². The van der Waals surface area contributed by atoms with E-state index in [0.717, 1.165) is 18.2 Å². The summed E-state index contributed by atoms with van der Waals surface area (Å²) < 4.78 is 0. The molecule has 70 valence electrons. The average Bonchev–Trinajstić information content (AvgIpc) is 2.92. The van der Waals surface area contributed by atoms with E-state index in [-0.39, 0.29) is 0 Å². The zero-order valence-corrected chi connectivity index (χ0v) is 8.22. The lowest BCUT2D eigenvalue weighted by atomic mass is 10.3. The fraction of sp³-hybridized carbons (Fsp3) is 0.500. The molecule has 0 unspecified atom stereocenters. The van der Waals surface area contributed by atoms with Gasteiger partial charge in [0.2, 0.25) is 0 Å². The summed E-state index contributed by atoms with van der Waals surface area (Å²) in [6.45, 7) is 1.02. The highest BCUT2D eigenvalue weighted by atomic mass is 35.5. The van der Waals surface area contributed by atoms with Crippen LogP contribution in [0, 0.1) is 5.92 Å². The number of halogens is 1. The van der Waals surface area contributed by atoms with Crippen LogP contribution in [0.25, 0.3) is 0 Å². The first-order chi connectivity index (χ1) is 6.36. The van der Waals surface area contributed by atoms with E-state index in [1.807, 2.05) is 6.07 Å². The van der Waals surface area contributed by atoms with Crippen LogP contribution in [0.3, 0.4) is 0 Å². The third-order valence-corrected chi connectivity index (χ3v) is 2.64. The molecule has 0 aromatic carbocycles. The number of anilines is 1. The van der Waals surface area contributed by atoms with E-state index in [1.54, 1.807) is 12.4 Å². The van der Waals surface area contributed by atoms with Crippen molar-refractivity contribution in [1.29, 1.82) is 0 Å². The maximum Gasteiger partial charge on any atom is 0.0820 e. The van der Waals surface area contributed by atoms with Crippen molar-refractivity contribution >= 4 is 17.3 Å². The molecule has 0 aliphatic heterocycles. The smallest absolute Gasteiger partial charge is 0.0820 e. The Labute approximate surface area is 83.3 Å². The Morgan fingerprint density at radius 2 is 2.38 bits per heavy atom. The fourth-order valence-corrected chi connectivity index (χ4v) is 1.52. The molecule has 0 amide bonds. The lowest BCUT2D eigenvalue weighted by Crippen LogP contribution is -2.02. The normalized spacial score (nSPS) is 15.8. The number of nitrogens with one attached hydrogen (secondary N) is 1. The molecule has 1 saturated carbocycles. The molecule has 0 bridgehead atoms. The standard InChI is InChI=1S/C10H13ClN2/c11-9-7-12-5-4-10(9)13-6-3-8-1-2-8/h4-5,7-8H,1-3,6H2,(H,12,13). The van der Waals surface area contributed by atoms with E-state index in [2.05, 4.69) is 10.3 Å². The summed E-state index contributed by atoms with van der Waals surface area (Å²) in [5.41, 5.74) is 0.998. The van der Waals surface area contributed by atoms with Crippen LogP contribution in [0.2, 0.25) is 5.02 Å². The molecule has 2 nitrogen and oxygen atoms in total. The number of rotatable bonds is 4. The van der Waals surface area contributed by atoms with E-state index in [0.29, 0.717) is 5.02 Å². The molecule has 1 aliphatic rings. The van der Waals surface area contributed by atoms with Crippen LogP contribution in [0.5, 0.6) is 0 Å². The van der Waals surface area contributed by atoms with Crippen molar-refractivity contribution in [3.8, 4) is 0 Å². The van der Waals surface area contributed by atoms with Crippen molar-refractivity contribution in [2.75, 3.05) is 11.9 Å². The summed E-state index contributed by atoms with van der Waals surface area (Å²) >= 11 is 5.93. The molecule has 13 heavy (non-hydrogen) atoms. The molecule has 0 saturated heterocycles. The predicted octanol–water partition coefficient (Wildman–Crippen LogP) is 2.95. The van der Waals surface area contributed by atoms with Crippen LogP contribution in [-0.4, -0.2) is 11.5 Å². The van der Waals surface area contributed by atoms with Gasteiger partial charge in [0.15, 0.2) is 0 Å². The van der Waals surface area contributed by atoms with Gasteiger partial charge in [-0.3, -0.25) is 4.98 Å². The number of hydrogen-bond donors (Lipinski definition) is 1. The molecule has 0 atom stereocenters. The third-order valence-electron chi connectivity index (χ3n) is 2.34. The Hall–Kier alpha value is -0.760. The van der Waals surface area contributed by atoms with Gasteiger partial charge in [0.05, 0.1) is 10.7 Å². The van der Waals surface area contributed by atoms with Crippen molar-refractivity contribution in [3.05, 3.63) is 23.5 Å². The summed E-state index contributed by atoms with van der Waals surface area (Å²) in [6.07, 6.45) is 7.50. The van der Waals surface area contributed by atoms with Gasteiger partial charge in [0.1, 0.15) is 0 Å². The highest BCUT2D eigenvalue weighted by Crippen LogP contribution is 2.32. The van der Waals surface area contributed by atoms with Crippen molar-refractivity contribution < 1.29 is 0 Å². The zero-order valence-electron chi connectivity index (χ0n) is 7.46. The summed E-state index contributed by atoms with van der Waals surface area (Å²) in [7, 11) is 0. The van der Waals surface area contributed by atoms with E-state index in [9.17, 15) is 0 Å². The third kappa shape index (κ3) is 2.59. The Balaban J connectivity index is 1.82. The largest absolute Gasteiger partial charge is 0.384 e. The molecule has 0 spiro atoms. The molecular weight excluding hydrogens is 184 g/mol. The number of hydrogen-bond acceptors (Lipinski definition) is 2. The Kier molecular flexibility index (Phi) is 2.69. The molecule has 1 aromatic rings.